The molecule has 22 heavy (non-hydrogen) atoms. The van der Waals surface area contributed by atoms with Crippen molar-refractivity contribution < 1.29 is 19.0 Å². The van der Waals surface area contributed by atoms with Crippen LogP contribution in [0.5, 0.6) is 0 Å². The molecule has 0 aromatic heterocycles. The van der Waals surface area contributed by atoms with Crippen molar-refractivity contribution in [3.8, 4) is 0 Å². The normalized spacial score (nSPS) is 18.7. The van der Waals surface area contributed by atoms with Crippen LogP contribution < -0.4 is 5.32 Å². The van der Waals surface area contributed by atoms with E-state index in [1.807, 2.05) is 11.8 Å². The van der Waals surface area contributed by atoms with Gasteiger partial charge in [0.2, 0.25) is 5.91 Å². The highest BCUT2D eigenvalue weighted by Gasteiger charge is 2.30. The Balaban J connectivity index is 2.22. The van der Waals surface area contributed by atoms with E-state index in [1.165, 1.54) is 12.1 Å². The van der Waals surface area contributed by atoms with Crippen LogP contribution >= 0.6 is 0 Å². The van der Waals surface area contributed by atoms with E-state index >= 15 is 0 Å². The molecule has 1 aromatic carbocycles. The van der Waals surface area contributed by atoms with Gasteiger partial charge in [0.1, 0.15) is 11.9 Å². The summed E-state index contributed by atoms with van der Waals surface area (Å²) in [4.78, 5) is 14.6. The van der Waals surface area contributed by atoms with Crippen LogP contribution in [-0.4, -0.2) is 54.9 Å². The van der Waals surface area contributed by atoms with E-state index in [0.717, 1.165) is 0 Å². The van der Waals surface area contributed by atoms with Crippen molar-refractivity contribution in [2.75, 3.05) is 32.9 Å². The van der Waals surface area contributed by atoms with Gasteiger partial charge in [0, 0.05) is 13.1 Å². The molecule has 5 nitrogen and oxygen atoms in total. The summed E-state index contributed by atoms with van der Waals surface area (Å²) in [5.74, 6) is -0.578. The van der Waals surface area contributed by atoms with Crippen LogP contribution in [0.4, 0.5) is 4.39 Å². The molecule has 1 heterocycles. The summed E-state index contributed by atoms with van der Waals surface area (Å²) >= 11 is 0. The summed E-state index contributed by atoms with van der Waals surface area (Å²) in [7, 11) is 0. The Kier molecular flexibility index (Phi) is 6.30. The Bertz CT molecular complexity index is 488. The second-order valence-corrected chi connectivity index (χ2v) is 5.40. The fraction of sp³-hybridized carbons (Fsp3) is 0.562. The topological polar surface area (TPSA) is 61.8 Å². The summed E-state index contributed by atoms with van der Waals surface area (Å²) < 4.78 is 18.9. The van der Waals surface area contributed by atoms with E-state index in [-0.39, 0.29) is 24.4 Å². The number of hydrogen-bond donors (Lipinski definition) is 2. The number of halogens is 1. The van der Waals surface area contributed by atoms with Crippen molar-refractivity contribution in [3.63, 3.8) is 0 Å². The van der Waals surface area contributed by atoms with Crippen molar-refractivity contribution >= 4 is 5.91 Å². The first-order valence-corrected chi connectivity index (χ1v) is 7.64. The minimum absolute atomic E-state index is 0.110. The molecule has 2 N–H and O–H groups in total. The van der Waals surface area contributed by atoms with Gasteiger partial charge < -0.3 is 15.2 Å². The quantitative estimate of drug-likeness (QED) is 0.825. The largest absolute Gasteiger partial charge is 0.394 e. The van der Waals surface area contributed by atoms with Crippen molar-refractivity contribution in [1.82, 2.24) is 10.2 Å². The van der Waals surface area contributed by atoms with Crippen molar-refractivity contribution in [1.29, 1.82) is 0 Å². The van der Waals surface area contributed by atoms with Crippen molar-refractivity contribution in [2.45, 2.75) is 25.4 Å². The number of amides is 1. The van der Waals surface area contributed by atoms with Gasteiger partial charge in [-0.25, -0.2) is 4.39 Å². The Morgan fingerprint density at radius 2 is 2.18 bits per heavy atom. The molecule has 1 aliphatic rings. The van der Waals surface area contributed by atoms with Gasteiger partial charge in [0.05, 0.1) is 25.9 Å². The number of aliphatic hydroxyl groups is 1. The maximum absolute atomic E-state index is 13.5. The van der Waals surface area contributed by atoms with Crippen LogP contribution in [0.3, 0.4) is 0 Å². The van der Waals surface area contributed by atoms with E-state index in [2.05, 4.69) is 5.32 Å². The molecule has 122 valence electrons. The molecule has 1 aromatic rings. The number of ether oxygens (including phenoxy) is 1. The van der Waals surface area contributed by atoms with Gasteiger partial charge >= 0.3 is 0 Å². The summed E-state index contributed by atoms with van der Waals surface area (Å²) in [5, 5.41) is 12.1. The number of carbonyl (C=O) groups is 1. The van der Waals surface area contributed by atoms with Crippen LogP contribution in [0.2, 0.25) is 0 Å². The average molecular weight is 310 g/mol. The van der Waals surface area contributed by atoms with Gasteiger partial charge in [-0.1, -0.05) is 19.1 Å². The predicted octanol–water partition coefficient (Wildman–Crippen LogP) is 1.09. The Labute approximate surface area is 130 Å². The molecule has 0 spiro atoms. The Hall–Kier alpha value is -1.50. The maximum atomic E-state index is 13.5. The van der Waals surface area contributed by atoms with Crippen LogP contribution in [0.25, 0.3) is 0 Å². The Morgan fingerprint density at radius 1 is 1.45 bits per heavy atom. The van der Waals surface area contributed by atoms with Crippen molar-refractivity contribution in [3.05, 3.63) is 35.6 Å². The molecule has 2 atom stereocenters. The number of hydrogen-bond acceptors (Lipinski definition) is 4. The monoisotopic (exact) mass is 310 g/mol. The SMILES string of the molecule is CCC(CO)NC(=O)C(c1cccc(F)c1)N1CCOCC1. The van der Waals surface area contributed by atoms with E-state index in [0.29, 0.717) is 38.3 Å². The molecule has 2 unspecified atom stereocenters. The number of benzene rings is 1. The summed E-state index contributed by atoms with van der Waals surface area (Å²) in [6, 6.07) is 5.25. The number of nitrogens with one attached hydrogen (secondary N) is 1. The first-order valence-electron chi connectivity index (χ1n) is 7.64. The van der Waals surface area contributed by atoms with Crippen LogP contribution in [0, 0.1) is 5.82 Å². The number of carbonyl (C=O) groups excluding carboxylic acids is 1. The lowest BCUT2D eigenvalue weighted by molar-refractivity contribution is -0.129. The average Bonchev–Trinajstić information content (AvgIpc) is 2.54. The third kappa shape index (κ3) is 4.25. The van der Waals surface area contributed by atoms with Gasteiger partial charge in [-0.2, -0.15) is 0 Å². The number of nitrogens with zero attached hydrogens (tertiary/aromatic N) is 1. The number of rotatable bonds is 6. The second-order valence-electron chi connectivity index (χ2n) is 5.40. The standard InChI is InChI=1S/C16H23FN2O3/c1-2-14(11-20)18-16(21)15(19-6-8-22-9-7-19)12-4-3-5-13(17)10-12/h3-5,10,14-15,20H,2,6-9,11H2,1H3,(H,18,21). The highest BCUT2D eigenvalue weighted by atomic mass is 19.1. The van der Waals surface area contributed by atoms with Crippen molar-refractivity contribution in [2.24, 2.45) is 0 Å². The zero-order valence-electron chi connectivity index (χ0n) is 12.8. The van der Waals surface area contributed by atoms with Crippen LogP contribution in [0.15, 0.2) is 24.3 Å². The zero-order valence-corrected chi connectivity index (χ0v) is 12.8. The minimum Gasteiger partial charge on any atom is -0.394 e. The fourth-order valence-electron chi connectivity index (χ4n) is 2.60. The minimum atomic E-state index is -0.569. The molecular formula is C16H23FN2O3. The Morgan fingerprint density at radius 3 is 2.77 bits per heavy atom. The summed E-state index contributed by atoms with van der Waals surface area (Å²) in [6.07, 6.45) is 0.640. The molecule has 1 aliphatic heterocycles. The lowest BCUT2D eigenvalue weighted by Crippen LogP contribution is -2.48. The first-order chi connectivity index (χ1) is 10.7. The molecule has 0 bridgehead atoms. The van der Waals surface area contributed by atoms with Crippen LogP contribution in [0.1, 0.15) is 24.9 Å². The smallest absolute Gasteiger partial charge is 0.242 e. The molecule has 0 saturated carbocycles. The predicted molar refractivity (Wildman–Crippen MR) is 80.8 cm³/mol. The molecule has 0 radical (unpaired) electrons. The molecule has 1 fully saturated rings. The lowest BCUT2D eigenvalue weighted by Gasteiger charge is -2.34. The third-order valence-electron chi connectivity index (χ3n) is 3.88. The van der Waals surface area contributed by atoms with E-state index < -0.39 is 6.04 Å². The molecule has 0 aliphatic carbocycles. The zero-order chi connectivity index (χ0) is 15.9. The second kappa shape index (κ2) is 8.22. The summed E-state index contributed by atoms with van der Waals surface area (Å²) in [5.41, 5.74) is 0.618. The van der Waals surface area contributed by atoms with Crippen LogP contribution in [-0.2, 0) is 9.53 Å². The summed E-state index contributed by atoms with van der Waals surface area (Å²) in [6.45, 7) is 4.12. The van der Waals surface area contributed by atoms with Gasteiger partial charge in [0.15, 0.2) is 0 Å². The molecule has 1 saturated heterocycles. The highest BCUT2D eigenvalue weighted by Crippen LogP contribution is 2.23. The molecule has 6 heteroatoms. The number of morpholine rings is 1. The van der Waals surface area contributed by atoms with E-state index in [4.69, 9.17) is 4.74 Å². The third-order valence-corrected chi connectivity index (χ3v) is 3.88. The van der Waals surface area contributed by atoms with E-state index in [1.54, 1.807) is 12.1 Å². The lowest BCUT2D eigenvalue weighted by atomic mass is 10.0. The van der Waals surface area contributed by atoms with Gasteiger partial charge in [-0.15, -0.1) is 0 Å². The van der Waals surface area contributed by atoms with Gasteiger partial charge in [0.25, 0.3) is 0 Å². The maximum Gasteiger partial charge on any atom is 0.242 e. The van der Waals surface area contributed by atoms with E-state index in [9.17, 15) is 14.3 Å². The van der Waals surface area contributed by atoms with Gasteiger partial charge in [-0.05, 0) is 24.1 Å². The molecular weight excluding hydrogens is 287 g/mol. The molecule has 2 rings (SSSR count). The first kappa shape index (κ1) is 16.9. The molecule has 1 amide bonds. The number of aliphatic hydroxyl groups excluding tert-OH is 1. The highest BCUT2D eigenvalue weighted by molar-refractivity contribution is 5.83. The van der Waals surface area contributed by atoms with Gasteiger partial charge in [-0.3, -0.25) is 9.69 Å². The fourth-order valence-corrected chi connectivity index (χ4v) is 2.60.